The number of amides is 1. The summed E-state index contributed by atoms with van der Waals surface area (Å²) < 4.78 is 5.89. The molecular formula is C28H34N2O3. The van der Waals surface area contributed by atoms with Gasteiger partial charge in [-0.25, -0.2) is 0 Å². The fraction of sp³-hybridized carbons (Fsp3) is 0.429. The Bertz CT molecular complexity index is 1190. The van der Waals surface area contributed by atoms with Gasteiger partial charge in [0.25, 0.3) is 5.91 Å². The number of carbonyl (C=O) groups excluding carboxylic acids is 1. The number of benzene rings is 2. The summed E-state index contributed by atoms with van der Waals surface area (Å²) in [6.45, 7) is 10.7. The standard InChI is InChI=1S/C28H34N2O3/c1-18(2)21-8-10-22(11-9-21)24(30-12-6-5-7-13-30)17-29-28(32)26-16-25(31)23-15-19(3)14-20(4)27(23)33-26/h8-11,14-16,18,24H,5-7,12-13,17H2,1-4H3,(H,29,32)/t24-/m0/s1. The number of piperidine rings is 1. The Morgan fingerprint density at radius 1 is 1.00 bits per heavy atom. The van der Waals surface area contributed by atoms with E-state index in [2.05, 4.69) is 48.3 Å². The van der Waals surface area contributed by atoms with Crippen molar-refractivity contribution in [2.45, 2.75) is 58.9 Å². The third kappa shape index (κ3) is 5.19. The van der Waals surface area contributed by atoms with Gasteiger partial charge in [0.1, 0.15) is 5.58 Å². The van der Waals surface area contributed by atoms with E-state index in [4.69, 9.17) is 4.42 Å². The highest BCUT2D eigenvalue weighted by Crippen LogP contribution is 2.26. The van der Waals surface area contributed by atoms with Gasteiger partial charge in [0.15, 0.2) is 11.2 Å². The largest absolute Gasteiger partial charge is 0.450 e. The van der Waals surface area contributed by atoms with Gasteiger partial charge in [0.2, 0.25) is 0 Å². The summed E-state index contributed by atoms with van der Waals surface area (Å²) >= 11 is 0. The second kappa shape index (κ2) is 9.92. The molecule has 1 N–H and O–H groups in total. The minimum Gasteiger partial charge on any atom is -0.450 e. The second-order valence-corrected chi connectivity index (χ2v) is 9.58. The van der Waals surface area contributed by atoms with E-state index in [1.54, 1.807) is 0 Å². The Morgan fingerprint density at radius 2 is 1.67 bits per heavy atom. The Hall–Kier alpha value is -2.92. The molecule has 0 spiro atoms. The first-order valence-electron chi connectivity index (χ1n) is 12.0. The van der Waals surface area contributed by atoms with Crippen molar-refractivity contribution in [1.82, 2.24) is 10.2 Å². The molecule has 1 fully saturated rings. The number of hydrogen-bond acceptors (Lipinski definition) is 4. The lowest BCUT2D eigenvalue weighted by atomic mass is 9.97. The molecule has 2 aromatic carbocycles. The lowest BCUT2D eigenvalue weighted by molar-refractivity contribution is 0.0897. The smallest absolute Gasteiger partial charge is 0.287 e. The summed E-state index contributed by atoms with van der Waals surface area (Å²) in [6, 6.07) is 13.9. The normalized spacial score (nSPS) is 15.7. The Balaban J connectivity index is 1.57. The molecule has 2 heterocycles. The number of hydrogen-bond donors (Lipinski definition) is 1. The molecule has 174 valence electrons. The van der Waals surface area contributed by atoms with Crippen LogP contribution in [0.2, 0.25) is 0 Å². The van der Waals surface area contributed by atoms with Crippen molar-refractivity contribution >= 4 is 16.9 Å². The second-order valence-electron chi connectivity index (χ2n) is 9.58. The van der Waals surface area contributed by atoms with Gasteiger partial charge >= 0.3 is 0 Å². The molecule has 1 atom stereocenters. The molecule has 1 amide bonds. The Kier molecular flexibility index (Phi) is 6.99. The maximum atomic E-state index is 13.0. The van der Waals surface area contributed by atoms with E-state index >= 15 is 0 Å². The molecule has 1 aromatic heterocycles. The monoisotopic (exact) mass is 446 g/mol. The van der Waals surface area contributed by atoms with Gasteiger partial charge in [-0.1, -0.05) is 50.6 Å². The average Bonchev–Trinajstić information content (AvgIpc) is 2.80. The average molecular weight is 447 g/mol. The van der Waals surface area contributed by atoms with E-state index < -0.39 is 0 Å². The highest BCUT2D eigenvalue weighted by molar-refractivity contribution is 5.93. The van der Waals surface area contributed by atoms with Crippen molar-refractivity contribution < 1.29 is 9.21 Å². The zero-order valence-corrected chi connectivity index (χ0v) is 20.1. The van der Waals surface area contributed by atoms with Gasteiger partial charge in [-0.3, -0.25) is 14.5 Å². The van der Waals surface area contributed by atoms with Crippen molar-refractivity contribution in [3.63, 3.8) is 0 Å². The van der Waals surface area contributed by atoms with Crippen LogP contribution >= 0.6 is 0 Å². The molecule has 1 saturated heterocycles. The highest BCUT2D eigenvalue weighted by Gasteiger charge is 2.24. The highest BCUT2D eigenvalue weighted by atomic mass is 16.3. The summed E-state index contributed by atoms with van der Waals surface area (Å²) in [6.07, 6.45) is 3.60. The van der Waals surface area contributed by atoms with Crippen molar-refractivity contribution in [3.05, 3.63) is 80.7 Å². The molecule has 3 aromatic rings. The zero-order valence-electron chi connectivity index (χ0n) is 20.1. The van der Waals surface area contributed by atoms with E-state index in [-0.39, 0.29) is 23.1 Å². The SMILES string of the molecule is Cc1cc(C)c2oc(C(=O)NC[C@@H](c3ccc(C(C)C)cc3)N3CCCCC3)cc(=O)c2c1. The van der Waals surface area contributed by atoms with Crippen LogP contribution in [0.3, 0.4) is 0 Å². The van der Waals surface area contributed by atoms with Gasteiger partial charge in [0.05, 0.1) is 11.4 Å². The lowest BCUT2D eigenvalue weighted by Crippen LogP contribution is -2.40. The van der Waals surface area contributed by atoms with E-state index in [1.807, 2.05) is 26.0 Å². The summed E-state index contributed by atoms with van der Waals surface area (Å²) in [5.74, 6) is 0.192. The summed E-state index contributed by atoms with van der Waals surface area (Å²) in [7, 11) is 0. The fourth-order valence-corrected chi connectivity index (χ4v) is 4.79. The number of nitrogens with zero attached hydrogens (tertiary/aromatic N) is 1. The molecule has 4 rings (SSSR count). The van der Waals surface area contributed by atoms with Crippen LogP contribution in [0, 0.1) is 13.8 Å². The van der Waals surface area contributed by atoms with Crippen LogP contribution in [0.4, 0.5) is 0 Å². The van der Waals surface area contributed by atoms with Gasteiger partial charge in [-0.15, -0.1) is 0 Å². The Morgan fingerprint density at radius 3 is 2.33 bits per heavy atom. The van der Waals surface area contributed by atoms with Crippen LogP contribution in [0.15, 0.2) is 51.7 Å². The summed E-state index contributed by atoms with van der Waals surface area (Å²) in [5, 5.41) is 3.56. The van der Waals surface area contributed by atoms with Crippen molar-refractivity contribution in [1.29, 1.82) is 0 Å². The van der Waals surface area contributed by atoms with E-state index in [9.17, 15) is 9.59 Å². The van der Waals surface area contributed by atoms with Crippen LogP contribution in [0.1, 0.15) is 77.9 Å². The quantitative estimate of drug-likeness (QED) is 0.544. The number of carbonyl (C=O) groups is 1. The molecule has 5 nitrogen and oxygen atoms in total. The zero-order chi connectivity index (χ0) is 23.5. The third-order valence-corrected chi connectivity index (χ3v) is 6.66. The first-order chi connectivity index (χ1) is 15.8. The summed E-state index contributed by atoms with van der Waals surface area (Å²) in [5.41, 5.74) is 4.65. The van der Waals surface area contributed by atoms with Crippen LogP contribution in [-0.2, 0) is 0 Å². The third-order valence-electron chi connectivity index (χ3n) is 6.66. The van der Waals surface area contributed by atoms with Crippen LogP contribution < -0.4 is 10.7 Å². The van der Waals surface area contributed by atoms with Crippen LogP contribution in [0.5, 0.6) is 0 Å². The number of aryl methyl sites for hydroxylation is 2. The van der Waals surface area contributed by atoms with E-state index in [1.165, 1.54) is 36.5 Å². The van der Waals surface area contributed by atoms with E-state index in [0.717, 1.165) is 24.2 Å². The van der Waals surface area contributed by atoms with Gasteiger partial charge in [-0.05, 0) is 74.0 Å². The van der Waals surface area contributed by atoms with Crippen molar-refractivity contribution in [2.24, 2.45) is 0 Å². The van der Waals surface area contributed by atoms with Crippen LogP contribution in [-0.4, -0.2) is 30.4 Å². The maximum Gasteiger partial charge on any atom is 0.287 e. The molecule has 0 bridgehead atoms. The molecule has 0 saturated carbocycles. The topological polar surface area (TPSA) is 62.6 Å². The predicted molar refractivity (Wildman–Crippen MR) is 133 cm³/mol. The summed E-state index contributed by atoms with van der Waals surface area (Å²) in [4.78, 5) is 28.1. The molecular weight excluding hydrogens is 412 g/mol. The van der Waals surface area contributed by atoms with Crippen LogP contribution in [0.25, 0.3) is 11.0 Å². The molecule has 5 heteroatoms. The molecule has 33 heavy (non-hydrogen) atoms. The number of rotatable bonds is 6. The maximum absolute atomic E-state index is 13.0. The van der Waals surface area contributed by atoms with Crippen molar-refractivity contribution in [2.75, 3.05) is 19.6 Å². The lowest BCUT2D eigenvalue weighted by Gasteiger charge is -2.35. The van der Waals surface area contributed by atoms with Gasteiger partial charge < -0.3 is 9.73 Å². The number of fused-ring (bicyclic) bond motifs is 1. The predicted octanol–water partition coefficient (Wildman–Crippen LogP) is 5.49. The molecule has 0 aliphatic carbocycles. The number of likely N-dealkylation sites (tertiary alicyclic amines) is 1. The fourth-order valence-electron chi connectivity index (χ4n) is 4.79. The first kappa shape index (κ1) is 23.2. The minimum atomic E-state index is -0.352. The first-order valence-corrected chi connectivity index (χ1v) is 12.0. The van der Waals surface area contributed by atoms with Crippen molar-refractivity contribution in [3.8, 4) is 0 Å². The molecule has 0 unspecified atom stereocenters. The van der Waals surface area contributed by atoms with Gasteiger partial charge in [-0.2, -0.15) is 0 Å². The molecule has 1 aliphatic heterocycles. The minimum absolute atomic E-state index is 0.0620. The molecule has 1 aliphatic rings. The Labute approximate surface area is 195 Å². The number of nitrogens with one attached hydrogen (secondary N) is 1. The van der Waals surface area contributed by atoms with Gasteiger partial charge in [0, 0.05) is 12.6 Å². The van der Waals surface area contributed by atoms with E-state index in [0.29, 0.717) is 23.4 Å². The molecule has 0 radical (unpaired) electrons.